The lowest BCUT2D eigenvalue weighted by atomic mass is 9.92. The summed E-state index contributed by atoms with van der Waals surface area (Å²) < 4.78 is 0. The predicted molar refractivity (Wildman–Crippen MR) is 89.3 cm³/mol. The smallest absolute Gasteiger partial charge is 0.345 e. The summed E-state index contributed by atoms with van der Waals surface area (Å²) in [4.78, 5) is 31.1. The molecule has 2 aromatic heterocycles. The number of H-pyrrole nitrogens is 1. The zero-order valence-corrected chi connectivity index (χ0v) is 13.5. The summed E-state index contributed by atoms with van der Waals surface area (Å²) in [5.41, 5.74) is 7.01. The second-order valence-corrected chi connectivity index (χ2v) is 6.93. The molecule has 0 spiro atoms. The van der Waals surface area contributed by atoms with Gasteiger partial charge in [0.25, 0.3) is 5.56 Å². The summed E-state index contributed by atoms with van der Waals surface area (Å²) in [5.74, 6) is 0.120. The molecule has 0 bridgehead atoms. The van der Waals surface area contributed by atoms with Gasteiger partial charge in [-0.15, -0.1) is 11.3 Å². The van der Waals surface area contributed by atoms with E-state index in [1.165, 1.54) is 11.3 Å². The van der Waals surface area contributed by atoms with Gasteiger partial charge in [0.15, 0.2) is 0 Å². The van der Waals surface area contributed by atoms with E-state index in [9.17, 15) is 9.59 Å². The zero-order chi connectivity index (χ0) is 16.6. The lowest BCUT2D eigenvalue weighted by Crippen LogP contribution is -2.30. The molecule has 0 radical (unpaired) electrons. The van der Waals surface area contributed by atoms with Gasteiger partial charge in [-0.25, -0.2) is 4.79 Å². The Kier molecular flexibility index (Phi) is 4.08. The van der Waals surface area contributed by atoms with Crippen LogP contribution in [0.1, 0.15) is 32.1 Å². The van der Waals surface area contributed by atoms with Crippen molar-refractivity contribution >= 4 is 29.1 Å². The third kappa shape index (κ3) is 3.21. The van der Waals surface area contributed by atoms with Crippen molar-refractivity contribution < 1.29 is 9.90 Å². The Morgan fingerprint density at radius 3 is 3.04 bits per heavy atom. The Hall–Kier alpha value is -2.35. The molecular formula is C15H18N4O3S. The number of nitrogens with zero attached hydrogens (tertiary/aromatic N) is 1. The van der Waals surface area contributed by atoms with Crippen LogP contribution < -0.4 is 16.6 Å². The van der Waals surface area contributed by atoms with Gasteiger partial charge >= 0.3 is 5.97 Å². The summed E-state index contributed by atoms with van der Waals surface area (Å²) in [6.07, 6.45) is 2.35. The van der Waals surface area contributed by atoms with Gasteiger partial charge in [-0.3, -0.25) is 9.78 Å². The molecule has 0 aliphatic carbocycles. The fraction of sp³-hybridized carbons (Fsp3) is 0.400. The number of nitrogen functional groups attached to an aromatic ring is 1. The minimum atomic E-state index is -0.882. The average molecular weight is 334 g/mol. The molecule has 3 heterocycles. The number of hydrogen-bond acceptors (Lipinski definition) is 6. The first-order valence-electron chi connectivity index (χ1n) is 7.39. The van der Waals surface area contributed by atoms with Gasteiger partial charge < -0.3 is 16.2 Å². The number of carboxylic acid groups (broad SMARTS) is 1. The van der Waals surface area contributed by atoms with Crippen molar-refractivity contribution in [2.24, 2.45) is 5.92 Å². The molecule has 0 saturated carbocycles. The summed E-state index contributed by atoms with van der Waals surface area (Å²) >= 11 is 1.33. The van der Waals surface area contributed by atoms with E-state index in [0.717, 1.165) is 29.8 Å². The summed E-state index contributed by atoms with van der Waals surface area (Å²) in [6, 6.07) is 1.72. The van der Waals surface area contributed by atoms with Crippen molar-refractivity contribution in [3.63, 3.8) is 0 Å². The van der Waals surface area contributed by atoms with E-state index >= 15 is 0 Å². The van der Waals surface area contributed by atoms with Crippen LogP contribution in [-0.2, 0) is 12.8 Å². The molecule has 1 atom stereocenters. The van der Waals surface area contributed by atoms with E-state index in [4.69, 9.17) is 10.8 Å². The number of hydrogen-bond donors (Lipinski definition) is 4. The SMILES string of the molecule is Cc1cc(C(=O)O)sc1CCC1CNc2nc(N)[nH]c(=O)c2C1. The van der Waals surface area contributed by atoms with Crippen LogP contribution in [0.25, 0.3) is 0 Å². The molecule has 122 valence electrons. The number of fused-ring (bicyclic) bond motifs is 1. The molecule has 8 heteroatoms. The van der Waals surface area contributed by atoms with Crippen LogP contribution in [0.4, 0.5) is 11.8 Å². The lowest BCUT2D eigenvalue weighted by Gasteiger charge is -2.24. The molecule has 0 fully saturated rings. The summed E-state index contributed by atoms with van der Waals surface area (Å²) in [7, 11) is 0. The van der Waals surface area contributed by atoms with Crippen molar-refractivity contribution in [2.75, 3.05) is 17.6 Å². The molecule has 2 aromatic rings. The minimum absolute atomic E-state index is 0.120. The first-order chi connectivity index (χ1) is 10.9. The van der Waals surface area contributed by atoms with E-state index in [2.05, 4.69) is 15.3 Å². The molecule has 23 heavy (non-hydrogen) atoms. The molecule has 0 amide bonds. The first kappa shape index (κ1) is 15.5. The third-order valence-electron chi connectivity index (χ3n) is 4.10. The number of nitrogens with two attached hydrogens (primary N) is 1. The standard InChI is InChI=1S/C15H18N4O3S/c1-7-4-11(14(21)22)23-10(7)3-2-8-5-9-12(17-6-8)18-15(16)19-13(9)20/h4,8H,2-3,5-6H2,1H3,(H,21,22)(H4,16,17,18,19,20). The van der Waals surface area contributed by atoms with Gasteiger partial charge in [0.1, 0.15) is 10.7 Å². The van der Waals surface area contributed by atoms with Crippen molar-refractivity contribution in [3.8, 4) is 0 Å². The lowest BCUT2D eigenvalue weighted by molar-refractivity contribution is 0.0702. The van der Waals surface area contributed by atoms with Crippen LogP contribution in [0.5, 0.6) is 0 Å². The van der Waals surface area contributed by atoms with Crippen LogP contribution in [0, 0.1) is 12.8 Å². The van der Waals surface area contributed by atoms with E-state index in [1.54, 1.807) is 6.07 Å². The van der Waals surface area contributed by atoms with E-state index in [1.807, 2.05) is 6.92 Å². The maximum Gasteiger partial charge on any atom is 0.345 e. The molecule has 5 N–H and O–H groups in total. The highest BCUT2D eigenvalue weighted by Crippen LogP contribution is 2.27. The normalized spacial score (nSPS) is 16.7. The maximum atomic E-state index is 12.0. The quantitative estimate of drug-likeness (QED) is 0.674. The van der Waals surface area contributed by atoms with Crippen LogP contribution >= 0.6 is 11.3 Å². The number of aromatic amines is 1. The van der Waals surface area contributed by atoms with Crippen molar-refractivity contribution in [1.29, 1.82) is 0 Å². The Morgan fingerprint density at radius 2 is 2.35 bits per heavy atom. The van der Waals surface area contributed by atoms with Crippen molar-refractivity contribution in [3.05, 3.63) is 37.3 Å². The minimum Gasteiger partial charge on any atom is -0.477 e. The van der Waals surface area contributed by atoms with Gasteiger partial charge in [-0.2, -0.15) is 4.98 Å². The van der Waals surface area contributed by atoms with Gasteiger partial charge in [0, 0.05) is 11.4 Å². The molecular weight excluding hydrogens is 316 g/mol. The molecule has 1 unspecified atom stereocenters. The fourth-order valence-corrected chi connectivity index (χ4v) is 3.89. The highest BCUT2D eigenvalue weighted by Gasteiger charge is 2.23. The number of thiophene rings is 1. The molecule has 1 aliphatic heterocycles. The molecule has 7 nitrogen and oxygen atoms in total. The van der Waals surface area contributed by atoms with Crippen LogP contribution in [0.3, 0.4) is 0 Å². The number of nitrogens with one attached hydrogen (secondary N) is 2. The van der Waals surface area contributed by atoms with Crippen LogP contribution in [-0.4, -0.2) is 27.6 Å². The van der Waals surface area contributed by atoms with Gasteiger partial charge in [0.2, 0.25) is 5.95 Å². The van der Waals surface area contributed by atoms with Gasteiger partial charge in [-0.1, -0.05) is 0 Å². The van der Waals surface area contributed by atoms with E-state index in [-0.39, 0.29) is 11.5 Å². The largest absolute Gasteiger partial charge is 0.477 e. The number of aryl methyl sites for hydroxylation is 2. The summed E-state index contributed by atoms with van der Waals surface area (Å²) in [5, 5.41) is 12.2. The monoisotopic (exact) mass is 334 g/mol. The highest BCUT2D eigenvalue weighted by molar-refractivity contribution is 7.14. The third-order valence-corrected chi connectivity index (χ3v) is 5.38. The zero-order valence-electron chi connectivity index (χ0n) is 12.7. The van der Waals surface area contributed by atoms with E-state index < -0.39 is 5.97 Å². The van der Waals surface area contributed by atoms with E-state index in [0.29, 0.717) is 28.6 Å². The van der Waals surface area contributed by atoms with Crippen molar-refractivity contribution in [2.45, 2.75) is 26.2 Å². The maximum absolute atomic E-state index is 12.0. The topological polar surface area (TPSA) is 121 Å². The summed E-state index contributed by atoms with van der Waals surface area (Å²) in [6.45, 7) is 2.67. The molecule has 3 rings (SSSR count). The fourth-order valence-electron chi connectivity index (χ4n) is 2.87. The number of rotatable bonds is 4. The van der Waals surface area contributed by atoms with Crippen LogP contribution in [0.15, 0.2) is 10.9 Å². The number of anilines is 2. The Morgan fingerprint density at radius 1 is 1.57 bits per heavy atom. The Balaban J connectivity index is 1.68. The number of aromatic nitrogens is 2. The number of aromatic carboxylic acids is 1. The highest BCUT2D eigenvalue weighted by atomic mass is 32.1. The molecule has 0 aromatic carbocycles. The molecule has 0 saturated heterocycles. The van der Waals surface area contributed by atoms with Gasteiger partial charge in [0.05, 0.1) is 5.56 Å². The van der Waals surface area contributed by atoms with Crippen LogP contribution in [0.2, 0.25) is 0 Å². The second kappa shape index (κ2) is 6.04. The van der Waals surface area contributed by atoms with Gasteiger partial charge in [-0.05, 0) is 43.7 Å². The number of carboxylic acids is 1. The Labute approximate surface area is 136 Å². The molecule has 1 aliphatic rings. The first-order valence-corrected chi connectivity index (χ1v) is 8.21. The van der Waals surface area contributed by atoms with Crippen molar-refractivity contribution in [1.82, 2.24) is 9.97 Å². The number of carbonyl (C=O) groups is 1. The predicted octanol–water partition coefficient (Wildman–Crippen LogP) is 1.64. The Bertz CT molecular complexity index is 812. The average Bonchev–Trinajstić information content (AvgIpc) is 2.87. The second-order valence-electron chi connectivity index (χ2n) is 5.79.